The fourth-order valence-electron chi connectivity index (χ4n) is 2.36. The molecule has 0 aliphatic carbocycles. The van der Waals surface area contributed by atoms with Crippen LogP contribution in [0.1, 0.15) is 22.2 Å². The number of morpholine rings is 1. The Hall–Kier alpha value is -2.21. The lowest BCUT2D eigenvalue weighted by Crippen LogP contribution is -2.42. The first-order valence-corrected chi connectivity index (χ1v) is 6.54. The highest BCUT2D eigenvalue weighted by atomic mass is 16.5. The fourth-order valence-corrected chi connectivity index (χ4v) is 2.36. The summed E-state index contributed by atoms with van der Waals surface area (Å²) in [5, 5.41) is 4.04. The second-order valence-corrected chi connectivity index (χ2v) is 4.73. The zero-order chi connectivity index (χ0) is 13.9. The van der Waals surface area contributed by atoms with Crippen molar-refractivity contribution in [2.24, 2.45) is 7.05 Å². The molecule has 0 N–H and O–H groups in total. The number of carbonyl (C=O) groups excluding carboxylic acids is 1. The third-order valence-corrected chi connectivity index (χ3v) is 3.47. The maximum Gasteiger partial charge on any atom is 0.272 e. The Morgan fingerprint density at radius 3 is 2.80 bits per heavy atom. The van der Waals surface area contributed by atoms with Crippen LogP contribution in [-0.4, -0.2) is 45.3 Å². The van der Waals surface area contributed by atoms with Gasteiger partial charge >= 0.3 is 0 Å². The summed E-state index contributed by atoms with van der Waals surface area (Å²) in [6.45, 7) is 1.69. The molecule has 6 nitrogen and oxygen atoms in total. The highest BCUT2D eigenvalue weighted by molar-refractivity contribution is 5.92. The third kappa shape index (κ3) is 2.42. The van der Waals surface area contributed by atoms with Crippen LogP contribution in [0.15, 0.2) is 36.8 Å². The molecule has 1 atom stereocenters. The summed E-state index contributed by atoms with van der Waals surface area (Å²) in [7, 11) is 1.77. The average molecular weight is 272 g/mol. The molecule has 2 aromatic heterocycles. The van der Waals surface area contributed by atoms with Crippen molar-refractivity contribution in [3.05, 3.63) is 48.0 Å². The topological polar surface area (TPSA) is 60.2 Å². The van der Waals surface area contributed by atoms with E-state index < -0.39 is 0 Å². The zero-order valence-electron chi connectivity index (χ0n) is 11.3. The maximum atomic E-state index is 12.5. The van der Waals surface area contributed by atoms with Gasteiger partial charge in [0.2, 0.25) is 0 Å². The summed E-state index contributed by atoms with van der Waals surface area (Å²) in [5.74, 6) is -0.00708. The van der Waals surface area contributed by atoms with Crippen LogP contribution < -0.4 is 0 Å². The number of hydrogen-bond acceptors (Lipinski definition) is 4. The molecular weight excluding hydrogens is 256 g/mol. The largest absolute Gasteiger partial charge is 0.370 e. The summed E-state index contributed by atoms with van der Waals surface area (Å²) in [6, 6.07) is 5.57. The van der Waals surface area contributed by atoms with Gasteiger partial charge in [0, 0.05) is 32.2 Å². The molecule has 0 saturated carbocycles. The number of pyridine rings is 1. The zero-order valence-corrected chi connectivity index (χ0v) is 11.3. The Balaban J connectivity index is 1.76. The van der Waals surface area contributed by atoms with Crippen molar-refractivity contribution in [2.75, 3.05) is 19.7 Å². The van der Waals surface area contributed by atoms with Crippen molar-refractivity contribution in [1.82, 2.24) is 19.7 Å². The number of hydrogen-bond donors (Lipinski definition) is 0. The van der Waals surface area contributed by atoms with E-state index in [4.69, 9.17) is 4.74 Å². The standard InChI is InChI=1S/C14H16N4O2/c1-17-12(4-7-16-17)14(19)18-8-9-20-13(10-18)11-2-5-15-6-3-11/h2-7,13H,8-10H2,1H3. The molecule has 0 bridgehead atoms. The third-order valence-electron chi connectivity index (χ3n) is 3.47. The number of nitrogens with zero attached hydrogens (tertiary/aromatic N) is 4. The van der Waals surface area contributed by atoms with Gasteiger partial charge in [0.15, 0.2) is 0 Å². The Morgan fingerprint density at radius 2 is 2.10 bits per heavy atom. The molecule has 1 unspecified atom stereocenters. The lowest BCUT2D eigenvalue weighted by molar-refractivity contribution is -0.0232. The van der Waals surface area contributed by atoms with Gasteiger partial charge in [-0.3, -0.25) is 14.5 Å². The predicted molar refractivity (Wildman–Crippen MR) is 72.0 cm³/mol. The lowest BCUT2D eigenvalue weighted by atomic mass is 10.1. The van der Waals surface area contributed by atoms with Crippen molar-refractivity contribution in [3.63, 3.8) is 0 Å². The van der Waals surface area contributed by atoms with E-state index in [1.807, 2.05) is 17.0 Å². The molecular formula is C14H16N4O2. The SMILES string of the molecule is Cn1nccc1C(=O)N1CCOC(c2ccncc2)C1. The fraction of sp³-hybridized carbons (Fsp3) is 0.357. The van der Waals surface area contributed by atoms with E-state index >= 15 is 0 Å². The molecule has 3 rings (SSSR count). The van der Waals surface area contributed by atoms with Crippen molar-refractivity contribution in [2.45, 2.75) is 6.10 Å². The van der Waals surface area contributed by atoms with Crippen LogP contribution in [0.25, 0.3) is 0 Å². The van der Waals surface area contributed by atoms with Crippen LogP contribution in [0.5, 0.6) is 0 Å². The Labute approximate surface area is 117 Å². The maximum absolute atomic E-state index is 12.5. The van der Waals surface area contributed by atoms with Crippen LogP contribution >= 0.6 is 0 Å². The monoisotopic (exact) mass is 272 g/mol. The quantitative estimate of drug-likeness (QED) is 0.819. The molecule has 1 amide bonds. The van der Waals surface area contributed by atoms with E-state index in [2.05, 4.69) is 10.1 Å². The van der Waals surface area contributed by atoms with E-state index in [9.17, 15) is 4.79 Å². The molecule has 0 spiro atoms. The second kappa shape index (κ2) is 5.42. The predicted octanol–water partition coefficient (Wildman–Crippen LogP) is 1.03. The number of rotatable bonds is 2. The number of aryl methyl sites for hydroxylation is 1. The van der Waals surface area contributed by atoms with Crippen LogP contribution in [0.2, 0.25) is 0 Å². The first kappa shape index (κ1) is 12.8. The van der Waals surface area contributed by atoms with Crippen LogP contribution in [0.3, 0.4) is 0 Å². The molecule has 3 heterocycles. The Kier molecular flexibility index (Phi) is 3.47. The number of ether oxygens (including phenoxy) is 1. The minimum absolute atomic E-state index is 0.00708. The summed E-state index contributed by atoms with van der Waals surface area (Å²) in [6.07, 6.45) is 5.01. The highest BCUT2D eigenvalue weighted by Crippen LogP contribution is 2.22. The normalized spacial score (nSPS) is 19.1. The first-order chi connectivity index (χ1) is 9.75. The minimum Gasteiger partial charge on any atom is -0.370 e. The van der Waals surface area contributed by atoms with Gasteiger partial charge in [-0.05, 0) is 23.8 Å². The average Bonchev–Trinajstić information content (AvgIpc) is 2.94. The molecule has 0 radical (unpaired) electrons. The van der Waals surface area contributed by atoms with Gasteiger partial charge in [-0.15, -0.1) is 0 Å². The Morgan fingerprint density at radius 1 is 1.30 bits per heavy atom. The van der Waals surface area contributed by atoms with Crippen LogP contribution in [0.4, 0.5) is 0 Å². The number of carbonyl (C=O) groups is 1. The lowest BCUT2D eigenvalue weighted by Gasteiger charge is -2.33. The van der Waals surface area contributed by atoms with Crippen molar-refractivity contribution >= 4 is 5.91 Å². The van der Waals surface area contributed by atoms with Gasteiger partial charge in [-0.2, -0.15) is 5.10 Å². The molecule has 6 heteroatoms. The van der Waals surface area contributed by atoms with E-state index in [0.29, 0.717) is 25.4 Å². The summed E-state index contributed by atoms with van der Waals surface area (Å²) in [5.41, 5.74) is 1.64. The van der Waals surface area contributed by atoms with Gasteiger partial charge in [0.25, 0.3) is 5.91 Å². The minimum atomic E-state index is -0.0936. The van der Waals surface area contributed by atoms with Crippen molar-refractivity contribution < 1.29 is 9.53 Å². The number of amides is 1. The van der Waals surface area contributed by atoms with Crippen LogP contribution in [0, 0.1) is 0 Å². The highest BCUT2D eigenvalue weighted by Gasteiger charge is 2.27. The second-order valence-electron chi connectivity index (χ2n) is 4.73. The first-order valence-electron chi connectivity index (χ1n) is 6.54. The molecule has 104 valence electrons. The van der Waals surface area contributed by atoms with Gasteiger partial charge in [0.1, 0.15) is 11.8 Å². The van der Waals surface area contributed by atoms with E-state index in [1.54, 1.807) is 36.4 Å². The van der Waals surface area contributed by atoms with E-state index in [-0.39, 0.29) is 12.0 Å². The smallest absolute Gasteiger partial charge is 0.272 e. The van der Waals surface area contributed by atoms with E-state index in [0.717, 1.165) is 5.56 Å². The van der Waals surface area contributed by atoms with Gasteiger partial charge in [0.05, 0.1) is 13.2 Å². The van der Waals surface area contributed by atoms with E-state index in [1.165, 1.54) is 0 Å². The molecule has 0 aromatic carbocycles. The van der Waals surface area contributed by atoms with Crippen LogP contribution in [-0.2, 0) is 11.8 Å². The van der Waals surface area contributed by atoms with Gasteiger partial charge in [-0.25, -0.2) is 0 Å². The molecule has 1 saturated heterocycles. The molecule has 1 fully saturated rings. The summed E-state index contributed by atoms with van der Waals surface area (Å²) < 4.78 is 7.34. The molecule has 20 heavy (non-hydrogen) atoms. The molecule has 2 aromatic rings. The van der Waals surface area contributed by atoms with Crippen molar-refractivity contribution in [3.8, 4) is 0 Å². The Bertz CT molecular complexity index is 596. The van der Waals surface area contributed by atoms with Crippen molar-refractivity contribution in [1.29, 1.82) is 0 Å². The van der Waals surface area contributed by atoms with Gasteiger partial charge < -0.3 is 9.64 Å². The summed E-state index contributed by atoms with van der Waals surface area (Å²) >= 11 is 0. The summed E-state index contributed by atoms with van der Waals surface area (Å²) in [4.78, 5) is 18.3. The molecule has 1 aliphatic rings. The van der Waals surface area contributed by atoms with Gasteiger partial charge in [-0.1, -0.05) is 0 Å². The number of aromatic nitrogens is 3. The molecule has 1 aliphatic heterocycles.